The molecular weight excluding hydrogens is 540 g/mol. The van der Waals surface area contributed by atoms with Crippen LogP contribution in [-0.2, 0) is 0 Å². The summed E-state index contributed by atoms with van der Waals surface area (Å²) >= 11 is 0. The lowest BCUT2D eigenvalue weighted by Gasteiger charge is -2.10. The highest BCUT2D eigenvalue weighted by molar-refractivity contribution is 6.14. The zero-order valence-corrected chi connectivity index (χ0v) is 23.2. The molecule has 0 aliphatic heterocycles. The Hall–Kier alpha value is -6.07. The van der Waals surface area contributed by atoms with Gasteiger partial charge in [0.15, 0.2) is 17.5 Å². The second-order valence-corrected chi connectivity index (χ2v) is 10.5. The van der Waals surface area contributed by atoms with Crippen molar-refractivity contribution in [2.45, 2.75) is 0 Å². The first-order valence-electron chi connectivity index (χ1n) is 16.7. The maximum absolute atomic E-state index is 8.62. The Kier molecular flexibility index (Phi) is 4.42. The van der Waals surface area contributed by atoms with Crippen LogP contribution in [0.5, 0.6) is 0 Å². The maximum atomic E-state index is 8.62. The van der Waals surface area contributed by atoms with Crippen molar-refractivity contribution in [2.24, 2.45) is 0 Å². The Morgan fingerprint density at radius 1 is 0.500 bits per heavy atom. The quantitative estimate of drug-likeness (QED) is 0.212. The van der Waals surface area contributed by atoms with E-state index in [1.54, 1.807) is 0 Å². The number of fused-ring (bicyclic) bond motifs is 6. The van der Waals surface area contributed by atoms with Crippen molar-refractivity contribution in [2.75, 3.05) is 0 Å². The summed E-state index contributed by atoms with van der Waals surface area (Å²) in [6, 6.07) is 35.7. The van der Waals surface area contributed by atoms with Crippen LogP contribution in [0.15, 0.2) is 150 Å². The lowest BCUT2D eigenvalue weighted by atomic mass is 10.1. The van der Waals surface area contributed by atoms with Gasteiger partial charge >= 0.3 is 0 Å². The van der Waals surface area contributed by atoms with Gasteiger partial charge in [-0.3, -0.25) is 0 Å². The molecular formula is C39H24N4O. The van der Waals surface area contributed by atoms with Gasteiger partial charge in [-0.15, -0.1) is 0 Å². The van der Waals surface area contributed by atoms with Crippen molar-refractivity contribution in [1.29, 1.82) is 0 Å². The molecule has 0 saturated heterocycles. The Balaban J connectivity index is 1.31. The molecule has 0 amide bonds. The van der Waals surface area contributed by atoms with Crippen LogP contribution in [0.25, 0.3) is 83.6 Å². The summed E-state index contributed by atoms with van der Waals surface area (Å²) in [5.41, 5.74) is 5.80. The predicted octanol–water partition coefficient (Wildman–Crippen LogP) is 9.87. The average Bonchev–Trinajstić information content (AvgIpc) is 3.69. The van der Waals surface area contributed by atoms with E-state index in [2.05, 4.69) is 52.0 Å². The molecule has 5 nitrogen and oxygen atoms in total. The van der Waals surface area contributed by atoms with E-state index in [9.17, 15) is 0 Å². The summed E-state index contributed by atoms with van der Waals surface area (Å²) in [6.45, 7) is 0. The van der Waals surface area contributed by atoms with Crippen LogP contribution in [0, 0.1) is 0 Å². The maximum Gasteiger partial charge on any atom is 0.164 e. The van der Waals surface area contributed by atoms with Gasteiger partial charge in [-0.05, 0) is 42.5 Å². The Bertz CT molecular complexity index is 2710. The lowest BCUT2D eigenvalue weighted by Crippen LogP contribution is -2.00. The van der Waals surface area contributed by atoms with Gasteiger partial charge in [-0.1, -0.05) is 103 Å². The lowest BCUT2D eigenvalue weighted by molar-refractivity contribution is 0.669. The third-order valence-electron chi connectivity index (χ3n) is 7.94. The summed E-state index contributed by atoms with van der Waals surface area (Å²) in [5.74, 6) is 0.598. The molecule has 3 aromatic heterocycles. The molecule has 206 valence electrons. The van der Waals surface area contributed by atoms with Crippen LogP contribution in [0.3, 0.4) is 0 Å². The van der Waals surface area contributed by atoms with Crippen LogP contribution in [-0.4, -0.2) is 19.5 Å². The standard InChI is InChI=1S/C39H24N4O/c1-3-12-25(13-4-1)37-40-38(26-14-5-2-6-15-26)42-39(41-37)27-22-23-34-30(24-27)36-33(20-11-21-35(36)44-34)43-31-18-9-7-16-28(31)29-17-8-10-19-32(29)43/h1-24H/i1D,3D,4D,12D,13D. The van der Waals surface area contributed by atoms with Crippen molar-refractivity contribution in [3.05, 3.63) is 145 Å². The van der Waals surface area contributed by atoms with Crippen molar-refractivity contribution < 1.29 is 11.3 Å². The van der Waals surface area contributed by atoms with E-state index in [0.29, 0.717) is 28.4 Å². The van der Waals surface area contributed by atoms with Crippen molar-refractivity contribution in [3.8, 4) is 39.9 Å². The molecule has 0 spiro atoms. The SMILES string of the molecule is [2H]c1c([2H])c([2H])c(-c2nc(-c3ccccc3)nc(-c3ccc4oc5cccc(-n6c7ccccc7c7ccccc76)c5c4c3)n2)c([2H])c1[2H]. The minimum absolute atomic E-state index is 0.0102. The number of furan rings is 1. The molecule has 0 fully saturated rings. The second kappa shape index (κ2) is 9.75. The fraction of sp³-hybridized carbons (Fsp3) is 0. The third-order valence-corrected chi connectivity index (χ3v) is 7.94. The van der Waals surface area contributed by atoms with Crippen molar-refractivity contribution in [3.63, 3.8) is 0 Å². The van der Waals surface area contributed by atoms with Gasteiger partial charge in [-0.2, -0.15) is 0 Å². The first-order chi connectivity index (χ1) is 23.9. The summed E-state index contributed by atoms with van der Waals surface area (Å²) in [5, 5.41) is 4.09. The van der Waals surface area contributed by atoms with Crippen LogP contribution in [0.4, 0.5) is 0 Å². The smallest absolute Gasteiger partial charge is 0.164 e. The van der Waals surface area contributed by atoms with Gasteiger partial charge in [0.1, 0.15) is 11.2 Å². The number of rotatable bonds is 4. The van der Waals surface area contributed by atoms with E-state index >= 15 is 0 Å². The molecule has 0 N–H and O–H groups in total. The predicted molar refractivity (Wildman–Crippen MR) is 178 cm³/mol. The van der Waals surface area contributed by atoms with Gasteiger partial charge < -0.3 is 8.98 Å². The van der Waals surface area contributed by atoms with E-state index in [0.717, 1.165) is 43.8 Å². The Labute approximate surface area is 259 Å². The normalized spacial score (nSPS) is 13.2. The third kappa shape index (κ3) is 3.83. The minimum Gasteiger partial charge on any atom is -0.456 e. The number of aromatic nitrogens is 4. The van der Waals surface area contributed by atoms with E-state index in [1.807, 2.05) is 72.8 Å². The molecule has 0 atom stereocenters. The molecule has 6 aromatic carbocycles. The summed E-state index contributed by atoms with van der Waals surface area (Å²) in [7, 11) is 0. The van der Waals surface area contributed by atoms with Crippen molar-refractivity contribution >= 4 is 43.7 Å². The minimum atomic E-state index is -0.479. The van der Waals surface area contributed by atoms with E-state index in [4.69, 9.17) is 21.2 Å². The molecule has 3 heterocycles. The largest absolute Gasteiger partial charge is 0.456 e. The Morgan fingerprint density at radius 2 is 1.14 bits per heavy atom. The summed E-state index contributed by atoms with van der Waals surface area (Å²) < 4.78 is 50.5. The molecule has 0 radical (unpaired) electrons. The zero-order chi connectivity index (χ0) is 33.4. The monoisotopic (exact) mass is 569 g/mol. The van der Waals surface area contributed by atoms with Gasteiger partial charge in [0.25, 0.3) is 0 Å². The fourth-order valence-electron chi connectivity index (χ4n) is 6.01. The van der Waals surface area contributed by atoms with Crippen LogP contribution in [0.2, 0.25) is 0 Å². The van der Waals surface area contributed by atoms with E-state index in [1.165, 1.54) is 0 Å². The zero-order valence-electron chi connectivity index (χ0n) is 28.2. The second-order valence-electron chi connectivity index (χ2n) is 10.5. The van der Waals surface area contributed by atoms with E-state index in [-0.39, 0.29) is 23.5 Å². The molecule has 0 bridgehead atoms. The van der Waals surface area contributed by atoms with Gasteiger partial charge in [0.2, 0.25) is 0 Å². The molecule has 0 unspecified atom stereocenters. The number of hydrogen-bond acceptors (Lipinski definition) is 4. The fourth-order valence-corrected chi connectivity index (χ4v) is 6.01. The van der Waals surface area contributed by atoms with Crippen LogP contribution >= 0.6 is 0 Å². The first-order valence-corrected chi connectivity index (χ1v) is 14.2. The van der Waals surface area contributed by atoms with Gasteiger partial charge in [-0.25, -0.2) is 15.0 Å². The molecule has 9 rings (SSSR count). The number of benzene rings is 6. The average molecular weight is 570 g/mol. The topological polar surface area (TPSA) is 56.7 Å². The summed E-state index contributed by atoms with van der Waals surface area (Å²) in [6.07, 6.45) is 0. The Morgan fingerprint density at radius 3 is 1.86 bits per heavy atom. The van der Waals surface area contributed by atoms with Crippen LogP contribution < -0.4 is 0 Å². The molecule has 9 aromatic rings. The first kappa shape index (κ1) is 19.9. The molecule has 0 saturated carbocycles. The van der Waals surface area contributed by atoms with Gasteiger partial charge in [0.05, 0.1) is 29.0 Å². The molecule has 0 aliphatic rings. The number of nitrogens with zero attached hydrogens (tertiary/aromatic N) is 4. The molecule has 0 aliphatic carbocycles. The highest BCUT2D eigenvalue weighted by atomic mass is 16.3. The highest BCUT2D eigenvalue weighted by Gasteiger charge is 2.19. The number of para-hydroxylation sites is 2. The molecule has 44 heavy (non-hydrogen) atoms. The van der Waals surface area contributed by atoms with Crippen molar-refractivity contribution in [1.82, 2.24) is 19.5 Å². The van der Waals surface area contributed by atoms with Crippen LogP contribution in [0.1, 0.15) is 6.85 Å². The summed E-state index contributed by atoms with van der Waals surface area (Å²) in [4.78, 5) is 14.2. The highest BCUT2D eigenvalue weighted by Crippen LogP contribution is 2.39. The molecule has 5 heteroatoms. The van der Waals surface area contributed by atoms with E-state index < -0.39 is 18.1 Å². The number of hydrogen-bond donors (Lipinski definition) is 0. The van der Waals surface area contributed by atoms with Gasteiger partial charge in [0, 0.05) is 32.8 Å².